The van der Waals surface area contributed by atoms with E-state index in [1.165, 1.54) is 6.07 Å². The molecule has 0 heterocycles. The molecule has 1 rings (SSSR count). The van der Waals surface area contributed by atoms with Gasteiger partial charge in [-0.3, -0.25) is 4.79 Å². The van der Waals surface area contributed by atoms with E-state index in [4.69, 9.17) is 22.4 Å². The van der Waals surface area contributed by atoms with Crippen molar-refractivity contribution in [1.29, 1.82) is 0 Å². The van der Waals surface area contributed by atoms with Gasteiger partial charge in [-0.1, -0.05) is 11.6 Å². The van der Waals surface area contributed by atoms with E-state index in [1.54, 1.807) is 13.0 Å². The van der Waals surface area contributed by atoms with Gasteiger partial charge in [-0.25, -0.2) is 0 Å². The summed E-state index contributed by atoms with van der Waals surface area (Å²) >= 11 is 5.79. The number of amides is 1. The van der Waals surface area contributed by atoms with Crippen LogP contribution in [0, 0.1) is 6.92 Å². The average molecular weight is 200 g/mol. The predicted octanol–water partition coefficient (Wildman–Crippen LogP) is 1.24. The van der Waals surface area contributed by atoms with Gasteiger partial charge in [-0.2, -0.15) is 0 Å². The molecule has 3 N–H and O–H groups in total. The minimum absolute atomic E-state index is 0.195. The van der Waals surface area contributed by atoms with Gasteiger partial charge in [0, 0.05) is 10.6 Å². The lowest BCUT2D eigenvalue weighted by atomic mass is 10.0. The second-order valence-electron chi connectivity index (χ2n) is 2.78. The van der Waals surface area contributed by atoms with Crippen LogP contribution in [0.15, 0.2) is 12.1 Å². The van der Waals surface area contributed by atoms with Crippen LogP contribution in [0.5, 0.6) is 0 Å². The van der Waals surface area contributed by atoms with Gasteiger partial charge in [-0.15, -0.1) is 0 Å². The van der Waals surface area contributed by atoms with Crippen LogP contribution >= 0.6 is 11.6 Å². The molecule has 0 saturated carbocycles. The Bertz CT molecular complexity index is 350. The van der Waals surface area contributed by atoms with Crippen molar-refractivity contribution in [3.8, 4) is 0 Å². The summed E-state index contributed by atoms with van der Waals surface area (Å²) in [7, 11) is 0. The number of primary amides is 1. The van der Waals surface area contributed by atoms with Crippen LogP contribution in [0.3, 0.4) is 0 Å². The van der Waals surface area contributed by atoms with E-state index in [0.29, 0.717) is 16.1 Å². The fourth-order valence-corrected chi connectivity index (χ4v) is 1.38. The lowest BCUT2D eigenvalue weighted by Crippen LogP contribution is -2.13. The molecule has 0 aliphatic rings. The van der Waals surface area contributed by atoms with Crippen molar-refractivity contribution in [2.45, 2.75) is 13.5 Å². The smallest absolute Gasteiger partial charge is 0.248 e. The largest absolute Gasteiger partial charge is 0.392 e. The van der Waals surface area contributed by atoms with Gasteiger partial charge in [0.05, 0.1) is 6.61 Å². The third kappa shape index (κ3) is 1.99. The predicted molar refractivity (Wildman–Crippen MR) is 50.6 cm³/mol. The number of aryl methyl sites for hydroxylation is 1. The number of carbonyl (C=O) groups is 1. The maximum Gasteiger partial charge on any atom is 0.248 e. The number of aliphatic hydroxyl groups is 1. The standard InChI is InChI=1S/C9H10ClNO2/c1-5-2-8(10)6(4-12)3-7(5)9(11)13/h2-3,12H,4H2,1H3,(H2,11,13). The van der Waals surface area contributed by atoms with Gasteiger partial charge in [0.1, 0.15) is 0 Å². The normalized spacial score (nSPS) is 10.1. The molecule has 0 aliphatic heterocycles. The van der Waals surface area contributed by atoms with Gasteiger partial charge >= 0.3 is 0 Å². The number of benzene rings is 1. The highest BCUT2D eigenvalue weighted by molar-refractivity contribution is 6.31. The molecule has 4 heteroatoms. The first kappa shape index (κ1) is 10.0. The van der Waals surface area contributed by atoms with Crippen LogP contribution in [0.25, 0.3) is 0 Å². The molecule has 1 amide bonds. The molecule has 0 fully saturated rings. The number of halogens is 1. The molecule has 0 saturated heterocycles. The number of hydrogen-bond donors (Lipinski definition) is 2. The molecule has 0 aromatic heterocycles. The summed E-state index contributed by atoms with van der Waals surface area (Å²) < 4.78 is 0. The maximum absolute atomic E-state index is 10.9. The monoisotopic (exact) mass is 199 g/mol. The van der Waals surface area contributed by atoms with Crippen LogP contribution in [-0.2, 0) is 6.61 Å². The van der Waals surface area contributed by atoms with Crippen LogP contribution in [0.1, 0.15) is 21.5 Å². The molecule has 0 aliphatic carbocycles. The number of hydrogen-bond acceptors (Lipinski definition) is 2. The Morgan fingerprint density at radius 1 is 1.62 bits per heavy atom. The first-order valence-electron chi connectivity index (χ1n) is 3.76. The van der Waals surface area contributed by atoms with Crippen molar-refractivity contribution in [3.63, 3.8) is 0 Å². The Hall–Kier alpha value is -1.06. The number of nitrogens with two attached hydrogens (primary N) is 1. The summed E-state index contributed by atoms with van der Waals surface area (Å²) in [6.07, 6.45) is 0. The minimum atomic E-state index is -0.510. The zero-order chi connectivity index (χ0) is 10.0. The number of rotatable bonds is 2. The number of carbonyl (C=O) groups excluding carboxylic acids is 1. The van der Waals surface area contributed by atoms with Crippen LogP contribution in [0.4, 0.5) is 0 Å². The molecule has 13 heavy (non-hydrogen) atoms. The van der Waals surface area contributed by atoms with E-state index in [0.717, 1.165) is 5.56 Å². The first-order chi connectivity index (χ1) is 6.06. The zero-order valence-corrected chi connectivity index (χ0v) is 7.93. The Kier molecular flexibility index (Phi) is 2.90. The molecular weight excluding hydrogens is 190 g/mol. The molecule has 1 aromatic carbocycles. The SMILES string of the molecule is Cc1cc(Cl)c(CO)cc1C(N)=O. The van der Waals surface area contributed by atoms with Crippen molar-refractivity contribution < 1.29 is 9.90 Å². The Labute approximate surface area is 81.1 Å². The third-order valence-electron chi connectivity index (χ3n) is 1.83. The second-order valence-corrected chi connectivity index (χ2v) is 3.19. The minimum Gasteiger partial charge on any atom is -0.392 e. The Balaban J connectivity index is 3.30. The fourth-order valence-electron chi connectivity index (χ4n) is 1.10. The average Bonchev–Trinajstić information content (AvgIpc) is 2.03. The van der Waals surface area contributed by atoms with Crippen LogP contribution in [-0.4, -0.2) is 11.0 Å². The molecule has 0 radical (unpaired) electrons. The van der Waals surface area contributed by atoms with E-state index in [9.17, 15) is 4.79 Å². The van der Waals surface area contributed by atoms with Crippen LogP contribution in [0.2, 0.25) is 5.02 Å². The van der Waals surface area contributed by atoms with Crippen molar-refractivity contribution in [2.24, 2.45) is 5.73 Å². The molecule has 3 nitrogen and oxygen atoms in total. The summed E-state index contributed by atoms with van der Waals surface area (Å²) in [5.41, 5.74) is 6.75. The van der Waals surface area contributed by atoms with Crippen molar-refractivity contribution in [1.82, 2.24) is 0 Å². The highest BCUT2D eigenvalue weighted by Crippen LogP contribution is 2.20. The van der Waals surface area contributed by atoms with Crippen molar-refractivity contribution >= 4 is 17.5 Å². The zero-order valence-electron chi connectivity index (χ0n) is 7.17. The van der Waals surface area contributed by atoms with Gasteiger partial charge < -0.3 is 10.8 Å². The Morgan fingerprint density at radius 2 is 2.23 bits per heavy atom. The molecule has 0 bridgehead atoms. The second kappa shape index (κ2) is 3.77. The molecule has 0 unspecified atom stereocenters. The van der Waals surface area contributed by atoms with E-state index in [2.05, 4.69) is 0 Å². The molecule has 0 spiro atoms. The molecule has 0 atom stereocenters. The summed E-state index contributed by atoms with van der Waals surface area (Å²) in [6, 6.07) is 3.13. The molecule has 1 aromatic rings. The van der Waals surface area contributed by atoms with E-state index < -0.39 is 5.91 Å². The topological polar surface area (TPSA) is 63.3 Å². The Morgan fingerprint density at radius 3 is 2.69 bits per heavy atom. The van der Waals surface area contributed by atoms with Gasteiger partial charge in [-0.05, 0) is 30.2 Å². The lowest BCUT2D eigenvalue weighted by Gasteiger charge is -2.06. The van der Waals surface area contributed by atoms with Crippen molar-refractivity contribution in [2.75, 3.05) is 0 Å². The maximum atomic E-state index is 10.9. The molecule has 70 valence electrons. The highest BCUT2D eigenvalue weighted by atomic mass is 35.5. The highest BCUT2D eigenvalue weighted by Gasteiger charge is 2.08. The third-order valence-corrected chi connectivity index (χ3v) is 2.18. The first-order valence-corrected chi connectivity index (χ1v) is 4.13. The van der Waals surface area contributed by atoms with Gasteiger partial charge in [0.25, 0.3) is 0 Å². The van der Waals surface area contributed by atoms with Gasteiger partial charge in [0.2, 0.25) is 5.91 Å². The number of aliphatic hydroxyl groups excluding tert-OH is 1. The van der Waals surface area contributed by atoms with Gasteiger partial charge in [0.15, 0.2) is 0 Å². The fraction of sp³-hybridized carbons (Fsp3) is 0.222. The summed E-state index contributed by atoms with van der Waals surface area (Å²) in [5.74, 6) is -0.510. The molecular formula is C9H10ClNO2. The van der Waals surface area contributed by atoms with Crippen LogP contribution < -0.4 is 5.73 Å². The van der Waals surface area contributed by atoms with E-state index >= 15 is 0 Å². The summed E-state index contributed by atoms with van der Waals surface area (Å²) in [4.78, 5) is 10.9. The summed E-state index contributed by atoms with van der Waals surface area (Å²) in [5, 5.41) is 9.33. The quantitative estimate of drug-likeness (QED) is 0.753. The van der Waals surface area contributed by atoms with E-state index in [-0.39, 0.29) is 6.61 Å². The van der Waals surface area contributed by atoms with Crippen molar-refractivity contribution in [3.05, 3.63) is 33.8 Å². The summed E-state index contributed by atoms with van der Waals surface area (Å²) in [6.45, 7) is 1.55. The van der Waals surface area contributed by atoms with E-state index in [1.807, 2.05) is 0 Å². The lowest BCUT2D eigenvalue weighted by molar-refractivity contribution is 0.0999.